The van der Waals surface area contributed by atoms with Crippen molar-refractivity contribution in [1.82, 2.24) is 9.97 Å². The van der Waals surface area contributed by atoms with Crippen LogP contribution in [0.1, 0.15) is 10.4 Å². The van der Waals surface area contributed by atoms with E-state index in [0.717, 1.165) is 0 Å². The zero-order chi connectivity index (χ0) is 18.7. The number of ether oxygens (including phenoxy) is 1. The van der Waals surface area contributed by atoms with Crippen molar-refractivity contribution >= 4 is 5.97 Å². The third-order valence-corrected chi connectivity index (χ3v) is 3.41. The average molecular weight is 360 g/mol. The van der Waals surface area contributed by atoms with Crippen LogP contribution in [0.15, 0.2) is 60.8 Å². The number of hydrogen-bond acceptors (Lipinski definition) is 4. The Hall–Kier alpha value is -3.42. The fraction of sp³-hybridized carbons (Fsp3) is 0.0556. The number of rotatable bonds is 4. The molecule has 0 amide bonds. The van der Waals surface area contributed by atoms with Gasteiger partial charge in [0.2, 0.25) is 0 Å². The first-order chi connectivity index (χ1) is 12.3. The van der Waals surface area contributed by atoms with Crippen molar-refractivity contribution < 1.29 is 27.8 Å². The van der Waals surface area contributed by atoms with E-state index in [4.69, 9.17) is 5.11 Å². The van der Waals surface area contributed by atoms with Crippen LogP contribution < -0.4 is 4.74 Å². The van der Waals surface area contributed by atoms with Crippen molar-refractivity contribution in [2.24, 2.45) is 0 Å². The fourth-order valence-electron chi connectivity index (χ4n) is 2.27. The fourth-order valence-corrected chi connectivity index (χ4v) is 2.27. The molecule has 0 radical (unpaired) electrons. The molecule has 0 aliphatic heterocycles. The normalized spacial score (nSPS) is 11.2. The summed E-state index contributed by atoms with van der Waals surface area (Å²) in [7, 11) is 0. The van der Waals surface area contributed by atoms with Crippen LogP contribution in [-0.4, -0.2) is 27.4 Å². The van der Waals surface area contributed by atoms with Gasteiger partial charge in [0, 0.05) is 17.3 Å². The molecule has 1 heterocycles. The highest BCUT2D eigenvalue weighted by Crippen LogP contribution is 2.27. The van der Waals surface area contributed by atoms with Gasteiger partial charge in [-0.25, -0.2) is 14.8 Å². The Labute approximate surface area is 145 Å². The number of carboxylic acid groups (broad SMARTS) is 1. The summed E-state index contributed by atoms with van der Waals surface area (Å²) in [6.45, 7) is 0. The Morgan fingerprint density at radius 2 is 1.73 bits per heavy atom. The number of alkyl halides is 3. The predicted molar refractivity (Wildman–Crippen MR) is 86.5 cm³/mol. The average Bonchev–Trinajstić information content (AvgIpc) is 2.61. The van der Waals surface area contributed by atoms with E-state index in [1.807, 2.05) is 0 Å². The maximum absolute atomic E-state index is 12.4. The minimum Gasteiger partial charge on any atom is -0.478 e. The second-order valence-electron chi connectivity index (χ2n) is 5.22. The highest BCUT2D eigenvalue weighted by molar-refractivity contribution is 5.88. The lowest BCUT2D eigenvalue weighted by molar-refractivity contribution is -0.274. The molecule has 2 aromatic carbocycles. The van der Waals surface area contributed by atoms with E-state index in [1.54, 1.807) is 24.3 Å². The first kappa shape index (κ1) is 17.4. The first-order valence-corrected chi connectivity index (χ1v) is 7.35. The van der Waals surface area contributed by atoms with Gasteiger partial charge < -0.3 is 9.84 Å². The molecular weight excluding hydrogens is 349 g/mol. The monoisotopic (exact) mass is 360 g/mol. The smallest absolute Gasteiger partial charge is 0.478 e. The Bertz CT molecular complexity index is 941. The Kier molecular flexibility index (Phi) is 4.57. The van der Waals surface area contributed by atoms with Crippen LogP contribution in [0.5, 0.6) is 5.75 Å². The summed E-state index contributed by atoms with van der Waals surface area (Å²) < 4.78 is 41.0. The van der Waals surface area contributed by atoms with Crippen molar-refractivity contribution in [3.8, 4) is 28.4 Å². The standard InChI is InChI=1S/C18H11F3N2O3/c19-18(20,21)26-14-3-1-2-13(10-14)16-22-9-8-15(23-16)11-4-6-12(7-5-11)17(24)25/h1-10H,(H,24,25). The maximum Gasteiger partial charge on any atom is 0.573 e. The quantitative estimate of drug-likeness (QED) is 0.746. The third kappa shape index (κ3) is 4.15. The van der Waals surface area contributed by atoms with Crippen LogP contribution in [0.2, 0.25) is 0 Å². The number of aromatic carboxylic acids is 1. The van der Waals surface area contributed by atoms with Crippen molar-refractivity contribution in [2.75, 3.05) is 0 Å². The molecule has 0 spiro atoms. The minimum atomic E-state index is -4.78. The van der Waals surface area contributed by atoms with Gasteiger partial charge in [0.05, 0.1) is 11.3 Å². The molecule has 3 rings (SSSR count). The molecule has 0 atom stereocenters. The largest absolute Gasteiger partial charge is 0.573 e. The van der Waals surface area contributed by atoms with Gasteiger partial charge in [-0.1, -0.05) is 24.3 Å². The summed E-state index contributed by atoms with van der Waals surface area (Å²) in [6, 6.07) is 13.1. The van der Waals surface area contributed by atoms with E-state index >= 15 is 0 Å². The lowest BCUT2D eigenvalue weighted by Crippen LogP contribution is -2.17. The third-order valence-electron chi connectivity index (χ3n) is 3.41. The van der Waals surface area contributed by atoms with Crippen molar-refractivity contribution in [3.63, 3.8) is 0 Å². The highest BCUT2D eigenvalue weighted by Gasteiger charge is 2.31. The van der Waals surface area contributed by atoms with Gasteiger partial charge in [0.15, 0.2) is 5.82 Å². The summed E-state index contributed by atoms with van der Waals surface area (Å²) in [6.07, 6.45) is -3.31. The van der Waals surface area contributed by atoms with Gasteiger partial charge in [0.1, 0.15) is 5.75 Å². The molecule has 5 nitrogen and oxygen atoms in total. The molecule has 0 aliphatic carbocycles. The zero-order valence-corrected chi connectivity index (χ0v) is 13.1. The molecule has 3 aromatic rings. The Morgan fingerprint density at radius 3 is 2.38 bits per heavy atom. The lowest BCUT2D eigenvalue weighted by Gasteiger charge is -2.10. The van der Waals surface area contributed by atoms with Crippen LogP contribution >= 0.6 is 0 Å². The van der Waals surface area contributed by atoms with Gasteiger partial charge in [-0.3, -0.25) is 0 Å². The second kappa shape index (κ2) is 6.83. The number of carboxylic acids is 1. The number of nitrogens with zero attached hydrogens (tertiary/aromatic N) is 2. The molecule has 26 heavy (non-hydrogen) atoms. The molecular formula is C18H11F3N2O3. The van der Waals surface area contributed by atoms with E-state index in [9.17, 15) is 18.0 Å². The molecule has 0 saturated carbocycles. The van der Waals surface area contributed by atoms with Crippen LogP contribution in [0, 0.1) is 0 Å². The van der Waals surface area contributed by atoms with Gasteiger partial charge in [-0.2, -0.15) is 0 Å². The molecule has 8 heteroatoms. The minimum absolute atomic E-state index is 0.139. The molecule has 0 unspecified atom stereocenters. The molecule has 0 saturated heterocycles. The number of benzene rings is 2. The first-order valence-electron chi connectivity index (χ1n) is 7.35. The van der Waals surface area contributed by atoms with Gasteiger partial charge in [-0.15, -0.1) is 13.2 Å². The highest BCUT2D eigenvalue weighted by atomic mass is 19.4. The van der Waals surface area contributed by atoms with Crippen molar-refractivity contribution in [2.45, 2.75) is 6.36 Å². The van der Waals surface area contributed by atoms with Crippen molar-refractivity contribution in [3.05, 3.63) is 66.4 Å². The summed E-state index contributed by atoms with van der Waals surface area (Å²) in [5, 5.41) is 8.93. The molecule has 1 N–H and O–H groups in total. The van der Waals surface area contributed by atoms with Crippen LogP contribution in [-0.2, 0) is 0 Å². The molecule has 1 aromatic heterocycles. The second-order valence-corrected chi connectivity index (χ2v) is 5.22. The van der Waals surface area contributed by atoms with E-state index < -0.39 is 12.3 Å². The summed E-state index contributed by atoms with van der Waals surface area (Å²) in [5.41, 5.74) is 1.66. The van der Waals surface area contributed by atoms with E-state index in [1.165, 1.54) is 36.5 Å². The zero-order valence-electron chi connectivity index (χ0n) is 13.1. The summed E-state index contributed by atoms with van der Waals surface area (Å²) >= 11 is 0. The summed E-state index contributed by atoms with van der Waals surface area (Å²) in [4.78, 5) is 19.3. The topological polar surface area (TPSA) is 72.3 Å². The van der Waals surface area contributed by atoms with Gasteiger partial charge in [-0.05, 0) is 30.3 Å². The SMILES string of the molecule is O=C(O)c1ccc(-c2ccnc(-c3cccc(OC(F)(F)F)c3)n2)cc1. The van der Waals surface area contributed by atoms with Crippen LogP contribution in [0.4, 0.5) is 13.2 Å². The molecule has 0 bridgehead atoms. The van der Waals surface area contributed by atoms with Crippen LogP contribution in [0.3, 0.4) is 0 Å². The number of carbonyl (C=O) groups is 1. The Balaban J connectivity index is 1.92. The van der Waals surface area contributed by atoms with E-state index in [2.05, 4.69) is 14.7 Å². The van der Waals surface area contributed by atoms with Crippen LogP contribution in [0.25, 0.3) is 22.6 Å². The molecule has 132 valence electrons. The van der Waals surface area contributed by atoms with Gasteiger partial charge in [0.25, 0.3) is 0 Å². The number of halogens is 3. The lowest BCUT2D eigenvalue weighted by atomic mass is 10.1. The number of hydrogen-bond donors (Lipinski definition) is 1. The van der Waals surface area contributed by atoms with Gasteiger partial charge >= 0.3 is 12.3 Å². The molecule has 0 aliphatic rings. The van der Waals surface area contributed by atoms with E-state index in [0.29, 0.717) is 16.8 Å². The number of aromatic nitrogens is 2. The predicted octanol–water partition coefficient (Wildman–Crippen LogP) is 4.41. The molecule has 0 fully saturated rings. The maximum atomic E-state index is 12.4. The Morgan fingerprint density at radius 1 is 1.00 bits per heavy atom. The van der Waals surface area contributed by atoms with E-state index in [-0.39, 0.29) is 17.1 Å². The van der Waals surface area contributed by atoms with Crippen molar-refractivity contribution in [1.29, 1.82) is 0 Å². The summed E-state index contributed by atoms with van der Waals surface area (Å²) in [5.74, 6) is -1.19.